The van der Waals surface area contributed by atoms with Crippen LogP contribution in [0.3, 0.4) is 0 Å². The van der Waals surface area contributed by atoms with Crippen molar-refractivity contribution in [3.8, 4) is 0 Å². The fourth-order valence-electron chi connectivity index (χ4n) is 3.64. The highest BCUT2D eigenvalue weighted by molar-refractivity contribution is 5.73. The molecule has 0 unspecified atom stereocenters. The van der Waals surface area contributed by atoms with Gasteiger partial charge < -0.3 is 24.9 Å². The molecule has 0 aliphatic heterocycles. The molecule has 0 heterocycles. The van der Waals surface area contributed by atoms with Crippen LogP contribution >= 0.6 is 0 Å². The second-order valence-corrected chi connectivity index (χ2v) is 8.95. The first-order valence-electron chi connectivity index (χ1n) is 10.6. The maximum absolute atomic E-state index is 12.0. The van der Waals surface area contributed by atoms with Crippen molar-refractivity contribution < 1.29 is 23.9 Å². The Bertz CT molecular complexity index is 679. The van der Waals surface area contributed by atoms with Crippen molar-refractivity contribution in [1.29, 1.82) is 0 Å². The third kappa shape index (κ3) is 9.29. The molecule has 2 N–H and O–H groups in total. The molecule has 0 aromatic heterocycles. The molecule has 1 saturated carbocycles. The molecule has 0 radical (unpaired) electrons. The van der Waals surface area contributed by atoms with Crippen LogP contribution in [0.2, 0.25) is 0 Å². The lowest BCUT2D eigenvalue weighted by Crippen LogP contribution is -2.39. The number of nitrogens with one attached hydrogen (secondary N) is 2. The van der Waals surface area contributed by atoms with Crippen LogP contribution < -0.4 is 10.6 Å². The smallest absolute Gasteiger partial charge is 0.408 e. The van der Waals surface area contributed by atoms with Crippen LogP contribution in [0.1, 0.15) is 58.4 Å². The van der Waals surface area contributed by atoms with Gasteiger partial charge in [-0.3, -0.25) is 0 Å². The van der Waals surface area contributed by atoms with E-state index >= 15 is 0 Å². The summed E-state index contributed by atoms with van der Waals surface area (Å²) in [6, 6.07) is 8.86. The van der Waals surface area contributed by atoms with Crippen molar-refractivity contribution in [2.75, 3.05) is 6.54 Å². The number of alkyl carbamates (subject to hydrolysis) is 2. The summed E-state index contributed by atoms with van der Waals surface area (Å²) in [7, 11) is 0. The SMILES string of the molecule is CC(C)(C)OC(=O)NCC1CCC(C[C@@H](C=O)NC(=O)OCc2ccccc2)CC1. The monoisotopic (exact) mass is 418 g/mol. The van der Waals surface area contributed by atoms with Gasteiger partial charge in [0.05, 0.1) is 6.04 Å². The lowest BCUT2D eigenvalue weighted by molar-refractivity contribution is -0.110. The van der Waals surface area contributed by atoms with Crippen LogP contribution in [0.5, 0.6) is 0 Å². The van der Waals surface area contributed by atoms with Gasteiger partial charge in [0.1, 0.15) is 18.5 Å². The number of carbonyl (C=O) groups excluding carboxylic acids is 3. The summed E-state index contributed by atoms with van der Waals surface area (Å²) in [4.78, 5) is 35.2. The molecular formula is C23H34N2O5. The molecule has 1 atom stereocenters. The van der Waals surface area contributed by atoms with Crippen LogP contribution in [0, 0.1) is 11.8 Å². The normalized spacial score (nSPS) is 20.0. The number of rotatable bonds is 8. The van der Waals surface area contributed by atoms with Gasteiger partial charge in [-0.25, -0.2) is 9.59 Å². The van der Waals surface area contributed by atoms with Crippen molar-refractivity contribution in [2.45, 2.75) is 71.1 Å². The van der Waals surface area contributed by atoms with Gasteiger partial charge >= 0.3 is 12.2 Å². The predicted molar refractivity (Wildman–Crippen MR) is 114 cm³/mol. The quantitative estimate of drug-likeness (QED) is 0.617. The fraction of sp³-hybridized carbons (Fsp3) is 0.609. The Labute approximate surface area is 178 Å². The molecule has 166 valence electrons. The molecule has 1 aromatic rings. The summed E-state index contributed by atoms with van der Waals surface area (Å²) in [6.45, 7) is 6.29. The molecular weight excluding hydrogens is 384 g/mol. The molecule has 1 fully saturated rings. The molecule has 1 aromatic carbocycles. The van der Waals surface area contributed by atoms with E-state index in [9.17, 15) is 14.4 Å². The van der Waals surface area contributed by atoms with Gasteiger partial charge in [0.15, 0.2) is 0 Å². The highest BCUT2D eigenvalue weighted by Crippen LogP contribution is 2.31. The highest BCUT2D eigenvalue weighted by Gasteiger charge is 2.25. The summed E-state index contributed by atoms with van der Waals surface area (Å²) in [5, 5.41) is 5.49. The zero-order chi connectivity index (χ0) is 22.0. The minimum Gasteiger partial charge on any atom is -0.445 e. The van der Waals surface area contributed by atoms with Gasteiger partial charge in [-0.2, -0.15) is 0 Å². The number of carbonyl (C=O) groups is 3. The average molecular weight is 419 g/mol. The van der Waals surface area contributed by atoms with Crippen molar-refractivity contribution in [3.05, 3.63) is 35.9 Å². The molecule has 0 spiro atoms. The molecule has 7 heteroatoms. The van der Waals surface area contributed by atoms with Crippen molar-refractivity contribution >= 4 is 18.5 Å². The summed E-state index contributed by atoms with van der Waals surface area (Å²) in [5.41, 5.74) is 0.398. The molecule has 1 aliphatic carbocycles. The second kappa shape index (κ2) is 11.6. The molecule has 1 aliphatic rings. The van der Waals surface area contributed by atoms with E-state index in [0.717, 1.165) is 37.5 Å². The van der Waals surface area contributed by atoms with E-state index in [1.54, 1.807) is 0 Å². The van der Waals surface area contributed by atoms with E-state index < -0.39 is 17.7 Å². The van der Waals surface area contributed by atoms with Gasteiger partial charge in [-0.15, -0.1) is 0 Å². The Kier molecular flexibility index (Phi) is 9.15. The van der Waals surface area contributed by atoms with Gasteiger partial charge in [0.2, 0.25) is 0 Å². The molecule has 2 rings (SSSR count). The molecule has 7 nitrogen and oxygen atoms in total. The first kappa shape index (κ1) is 23.7. The first-order chi connectivity index (χ1) is 14.2. The van der Waals surface area contributed by atoms with Crippen LogP contribution in [0.4, 0.5) is 9.59 Å². The fourth-order valence-corrected chi connectivity index (χ4v) is 3.64. The van der Waals surface area contributed by atoms with E-state index in [4.69, 9.17) is 9.47 Å². The molecule has 0 bridgehead atoms. The Morgan fingerprint density at radius 1 is 1.07 bits per heavy atom. The number of amides is 2. The van der Waals surface area contributed by atoms with Gasteiger partial charge in [-0.1, -0.05) is 43.2 Å². The topological polar surface area (TPSA) is 93.7 Å². The van der Waals surface area contributed by atoms with E-state index in [0.29, 0.717) is 24.8 Å². The maximum atomic E-state index is 12.0. The Hall–Kier alpha value is -2.57. The minimum absolute atomic E-state index is 0.175. The number of aldehydes is 1. The van der Waals surface area contributed by atoms with Crippen LogP contribution in [0.15, 0.2) is 30.3 Å². The van der Waals surface area contributed by atoms with E-state index in [2.05, 4.69) is 10.6 Å². The maximum Gasteiger partial charge on any atom is 0.408 e. The van der Waals surface area contributed by atoms with Crippen molar-refractivity contribution in [1.82, 2.24) is 10.6 Å². The lowest BCUT2D eigenvalue weighted by atomic mass is 9.79. The van der Waals surface area contributed by atoms with Crippen LogP contribution in [0.25, 0.3) is 0 Å². The lowest BCUT2D eigenvalue weighted by Gasteiger charge is -2.30. The Balaban J connectivity index is 1.65. The summed E-state index contributed by atoms with van der Waals surface area (Å²) in [5.74, 6) is 0.777. The van der Waals surface area contributed by atoms with Crippen molar-refractivity contribution in [3.63, 3.8) is 0 Å². The van der Waals surface area contributed by atoms with Crippen LogP contribution in [-0.2, 0) is 20.9 Å². The second-order valence-electron chi connectivity index (χ2n) is 8.95. The number of benzene rings is 1. The zero-order valence-electron chi connectivity index (χ0n) is 18.2. The zero-order valence-corrected chi connectivity index (χ0v) is 18.2. The van der Waals surface area contributed by atoms with Gasteiger partial charge in [0.25, 0.3) is 0 Å². The molecule has 30 heavy (non-hydrogen) atoms. The summed E-state index contributed by atoms with van der Waals surface area (Å²) >= 11 is 0. The number of hydrogen-bond donors (Lipinski definition) is 2. The summed E-state index contributed by atoms with van der Waals surface area (Å²) < 4.78 is 10.5. The first-order valence-corrected chi connectivity index (χ1v) is 10.6. The standard InChI is InChI=1S/C23H34N2O5/c1-23(2,3)30-21(27)24-14-18-11-9-17(10-12-18)13-20(15-26)25-22(28)29-16-19-7-5-4-6-8-19/h4-8,15,17-18,20H,9-14,16H2,1-3H3,(H,24,27)(H,25,28)/t17?,18?,20-/m0/s1. The number of ether oxygens (including phenoxy) is 2. The highest BCUT2D eigenvalue weighted by atomic mass is 16.6. The van der Waals surface area contributed by atoms with Crippen molar-refractivity contribution in [2.24, 2.45) is 11.8 Å². The van der Waals surface area contributed by atoms with Gasteiger partial charge in [0, 0.05) is 6.54 Å². The predicted octanol–water partition coefficient (Wildman–Crippen LogP) is 4.20. The Morgan fingerprint density at radius 3 is 2.30 bits per heavy atom. The van der Waals surface area contributed by atoms with Gasteiger partial charge in [-0.05, 0) is 57.4 Å². The largest absolute Gasteiger partial charge is 0.445 e. The Morgan fingerprint density at radius 2 is 1.70 bits per heavy atom. The third-order valence-electron chi connectivity index (χ3n) is 5.17. The third-order valence-corrected chi connectivity index (χ3v) is 5.17. The minimum atomic E-state index is -0.578. The number of hydrogen-bond acceptors (Lipinski definition) is 5. The van der Waals surface area contributed by atoms with E-state index in [1.807, 2.05) is 51.1 Å². The molecule has 0 saturated heterocycles. The molecule has 2 amide bonds. The van der Waals surface area contributed by atoms with E-state index in [-0.39, 0.29) is 12.7 Å². The summed E-state index contributed by atoms with van der Waals surface area (Å²) in [6.07, 6.45) is 4.30. The van der Waals surface area contributed by atoms with Crippen LogP contribution in [-0.4, -0.2) is 36.7 Å². The van der Waals surface area contributed by atoms with E-state index in [1.165, 1.54) is 0 Å². The average Bonchev–Trinajstić information content (AvgIpc) is 2.71.